The Bertz CT molecular complexity index is 784. The first-order valence-corrected chi connectivity index (χ1v) is 9.99. The van der Waals surface area contributed by atoms with Crippen LogP contribution in [0, 0.1) is 10.1 Å². The summed E-state index contributed by atoms with van der Waals surface area (Å²) in [5.41, 5.74) is -0.350. The van der Waals surface area contributed by atoms with E-state index >= 15 is 0 Å². The lowest BCUT2D eigenvalue weighted by Crippen LogP contribution is -2.45. The molecular formula is C15H19ClN2O7S. The van der Waals surface area contributed by atoms with Crippen molar-refractivity contribution in [3.63, 3.8) is 0 Å². The van der Waals surface area contributed by atoms with Crippen molar-refractivity contribution in [2.45, 2.75) is 12.5 Å². The Labute approximate surface area is 155 Å². The standard InChI is InChI=1S/C15H19ClN2O7S/c1-24-6-5-17(12-4-7-26(22,23)10-12)15(19)9-25-14-3-2-11(16)8-13(14)18(20)21/h2-3,8,12H,4-7,9-10H2,1H3/t12-/m0/s1. The minimum atomic E-state index is -3.17. The zero-order valence-electron chi connectivity index (χ0n) is 14.1. The van der Waals surface area contributed by atoms with Crippen LogP contribution in [0.1, 0.15) is 6.42 Å². The van der Waals surface area contributed by atoms with Gasteiger partial charge in [-0.2, -0.15) is 0 Å². The van der Waals surface area contributed by atoms with Gasteiger partial charge in [0.1, 0.15) is 0 Å². The van der Waals surface area contributed by atoms with E-state index in [0.29, 0.717) is 6.42 Å². The summed E-state index contributed by atoms with van der Waals surface area (Å²) < 4.78 is 33.6. The predicted molar refractivity (Wildman–Crippen MR) is 94.2 cm³/mol. The maximum absolute atomic E-state index is 12.5. The lowest BCUT2D eigenvalue weighted by atomic mass is 10.2. The Morgan fingerprint density at radius 1 is 1.46 bits per heavy atom. The number of carbonyl (C=O) groups is 1. The lowest BCUT2D eigenvalue weighted by Gasteiger charge is -2.28. The number of amides is 1. The van der Waals surface area contributed by atoms with Crippen molar-refractivity contribution in [1.82, 2.24) is 4.90 Å². The minimum absolute atomic E-state index is 0.0257. The molecule has 0 radical (unpaired) electrons. The molecule has 2 rings (SSSR count). The quantitative estimate of drug-likeness (QED) is 0.471. The fourth-order valence-electron chi connectivity index (χ4n) is 2.70. The number of nitro groups is 1. The zero-order chi connectivity index (χ0) is 19.3. The summed E-state index contributed by atoms with van der Waals surface area (Å²) in [7, 11) is -1.69. The van der Waals surface area contributed by atoms with Gasteiger partial charge >= 0.3 is 5.69 Å². The molecule has 1 aromatic rings. The minimum Gasteiger partial charge on any atom is -0.477 e. The van der Waals surface area contributed by atoms with Gasteiger partial charge < -0.3 is 14.4 Å². The SMILES string of the molecule is COCCN(C(=O)COc1ccc(Cl)cc1[N+](=O)[O-])[C@H]1CCS(=O)(=O)C1. The highest BCUT2D eigenvalue weighted by Crippen LogP contribution is 2.30. The second kappa shape index (κ2) is 8.65. The third-order valence-electron chi connectivity index (χ3n) is 3.97. The van der Waals surface area contributed by atoms with Crippen molar-refractivity contribution in [2.24, 2.45) is 0 Å². The van der Waals surface area contributed by atoms with E-state index in [-0.39, 0.29) is 41.1 Å². The van der Waals surface area contributed by atoms with Crippen LogP contribution in [0.15, 0.2) is 18.2 Å². The van der Waals surface area contributed by atoms with Crippen molar-refractivity contribution in [3.05, 3.63) is 33.3 Å². The number of hydrogen-bond acceptors (Lipinski definition) is 7. The molecule has 1 fully saturated rings. The second-order valence-electron chi connectivity index (χ2n) is 5.79. The van der Waals surface area contributed by atoms with Gasteiger partial charge in [-0.05, 0) is 18.6 Å². The molecule has 1 aromatic carbocycles. The molecule has 11 heteroatoms. The van der Waals surface area contributed by atoms with E-state index in [1.54, 1.807) is 0 Å². The zero-order valence-corrected chi connectivity index (χ0v) is 15.7. The van der Waals surface area contributed by atoms with Gasteiger partial charge in [-0.15, -0.1) is 0 Å². The van der Waals surface area contributed by atoms with Crippen molar-refractivity contribution in [2.75, 3.05) is 38.4 Å². The summed E-state index contributed by atoms with van der Waals surface area (Å²) in [5, 5.41) is 11.2. The number of ether oxygens (including phenoxy) is 2. The van der Waals surface area contributed by atoms with Crippen LogP contribution in [0.3, 0.4) is 0 Å². The maximum atomic E-state index is 12.5. The molecule has 0 aliphatic carbocycles. The van der Waals surface area contributed by atoms with Gasteiger partial charge in [-0.1, -0.05) is 11.6 Å². The molecule has 0 unspecified atom stereocenters. The number of rotatable bonds is 8. The molecule has 1 aliphatic rings. The molecule has 26 heavy (non-hydrogen) atoms. The first-order chi connectivity index (χ1) is 12.2. The van der Waals surface area contributed by atoms with Crippen LogP contribution in [0.25, 0.3) is 0 Å². The smallest absolute Gasteiger partial charge is 0.312 e. The highest BCUT2D eigenvalue weighted by molar-refractivity contribution is 7.91. The van der Waals surface area contributed by atoms with Gasteiger partial charge in [0.2, 0.25) is 0 Å². The molecule has 0 bridgehead atoms. The van der Waals surface area contributed by atoms with Gasteiger partial charge in [0.05, 0.1) is 23.0 Å². The van der Waals surface area contributed by atoms with Crippen molar-refractivity contribution in [3.8, 4) is 5.75 Å². The van der Waals surface area contributed by atoms with Gasteiger partial charge in [0, 0.05) is 30.8 Å². The Morgan fingerprint density at radius 2 is 2.19 bits per heavy atom. The third kappa shape index (κ3) is 5.29. The number of carbonyl (C=O) groups excluding carboxylic acids is 1. The molecule has 1 amide bonds. The second-order valence-corrected chi connectivity index (χ2v) is 8.46. The van der Waals surface area contributed by atoms with Crippen LogP contribution in [0.5, 0.6) is 5.75 Å². The van der Waals surface area contributed by atoms with Crippen LogP contribution < -0.4 is 4.74 Å². The first kappa shape index (κ1) is 20.4. The van der Waals surface area contributed by atoms with Gasteiger partial charge in [0.15, 0.2) is 22.2 Å². The molecular weight excluding hydrogens is 388 g/mol. The fourth-order valence-corrected chi connectivity index (χ4v) is 4.60. The number of nitro benzene ring substituents is 1. The number of benzene rings is 1. The summed E-state index contributed by atoms with van der Waals surface area (Å²) in [6.45, 7) is -0.00624. The predicted octanol–water partition coefficient (Wildman–Crippen LogP) is 1.29. The fraction of sp³-hybridized carbons (Fsp3) is 0.533. The number of hydrogen-bond donors (Lipinski definition) is 0. The topological polar surface area (TPSA) is 116 Å². The first-order valence-electron chi connectivity index (χ1n) is 7.79. The van der Waals surface area contributed by atoms with E-state index in [4.69, 9.17) is 21.1 Å². The molecule has 0 saturated carbocycles. The normalized spacial score (nSPS) is 18.5. The molecule has 0 aromatic heterocycles. The monoisotopic (exact) mass is 406 g/mol. The van der Waals surface area contributed by atoms with E-state index < -0.39 is 33.3 Å². The van der Waals surface area contributed by atoms with E-state index in [2.05, 4.69) is 0 Å². The largest absolute Gasteiger partial charge is 0.477 e. The number of methoxy groups -OCH3 is 1. The highest BCUT2D eigenvalue weighted by atomic mass is 35.5. The number of halogens is 1. The molecule has 1 atom stereocenters. The summed E-state index contributed by atoms with van der Waals surface area (Å²) in [6.07, 6.45) is 0.346. The number of nitrogens with zero attached hydrogens (tertiary/aromatic N) is 2. The van der Waals surface area contributed by atoms with Crippen LogP contribution in [0.2, 0.25) is 5.02 Å². The maximum Gasteiger partial charge on any atom is 0.312 e. The Balaban J connectivity index is 2.09. The average molecular weight is 407 g/mol. The van der Waals surface area contributed by atoms with E-state index in [9.17, 15) is 23.3 Å². The van der Waals surface area contributed by atoms with Crippen LogP contribution in [-0.2, 0) is 19.4 Å². The third-order valence-corrected chi connectivity index (χ3v) is 5.96. The van der Waals surface area contributed by atoms with Gasteiger partial charge in [0.25, 0.3) is 5.91 Å². The van der Waals surface area contributed by atoms with Crippen LogP contribution in [0.4, 0.5) is 5.69 Å². The Kier molecular flexibility index (Phi) is 6.79. The molecule has 1 heterocycles. The summed E-state index contributed by atoms with van der Waals surface area (Å²) in [4.78, 5) is 24.3. The number of sulfone groups is 1. The van der Waals surface area contributed by atoms with Gasteiger partial charge in [-0.3, -0.25) is 14.9 Å². The van der Waals surface area contributed by atoms with Gasteiger partial charge in [-0.25, -0.2) is 8.42 Å². The highest BCUT2D eigenvalue weighted by Gasteiger charge is 2.34. The average Bonchev–Trinajstić information content (AvgIpc) is 2.93. The van der Waals surface area contributed by atoms with Crippen molar-refractivity contribution in [1.29, 1.82) is 0 Å². The Hall–Kier alpha value is -1.91. The van der Waals surface area contributed by atoms with Crippen molar-refractivity contribution >= 4 is 33.0 Å². The van der Waals surface area contributed by atoms with E-state index in [1.807, 2.05) is 0 Å². The molecule has 1 saturated heterocycles. The molecule has 144 valence electrons. The molecule has 1 aliphatic heterocycles. The molecule has 0 spiro atoms. The van der Waals surface area contributed by atoms with E-state index in [0.717, 1.165) is 6.07 Å². The summed E-state index contributed by atoms with van der Waals surface area (Å²) >= 11 is 5.74. The van der Waals surface area contributed by atoms with E-state index in [1.165, 1.54) is 24.1 Å². The Morgan fingerprint density at radius 3 is 2.77 bits per heavy atom. The summed E-state index contributed by atoms with van der Waals surface area (Å²) in [5.74, 6) is -0.631. The molecule has 0 N–H and O–H groups in total. The van der Waals surface area contributed by atoms with Crippen LogP contribution in [-0.4, -0.2) is 68.6 Å². The van der Waals surface area contributed by atoms with Crippen LogP contribution >= 0.6 is 11.6 Å². The lowest BCUT2D eigenvalue weighted by molar-refractivity contribution is -0.385. The molecule has 9 nitrogen and oxygen atoms in total. The summed E-state index contributed by atoms with van der Waals surface area (Å²) in [6, 6.07) is 3.41. The van der Waals surface area contributed by atoms with Crippen molar-refractivity contribution < 1.29 is 27.6 Å².